The lowest BCUT2D eigenvalue weighted by atomic mass is 10.1. The number of nitrogens with one attached hydrogen (secondary N) is 1. The molecule has 1 aromatic carbocycles. The number of likely N-dealkylation sites (N-methyl/N-ethyl adjacent to an activating group) is 1. The zero-order valence-corrected chi connectivity index (χ0v) is 13.5. The van der Waals surface area contributed by atoms with E-state index in [1.54, 1.807) is 0 Å². The van der Waals surface area contributed by atoms with Crippen LogP contribution in [0.25, 0.3) is 10.9 Å². The molecule has 0 saturated carbocycles. The summed E-state index contributed by atoms with van der Waals surface area (Å²) in [5.41, 5.74) is 7.75. The minimum absolute atomic E-state index is 0.107. The number of rotatable bonds is 6. The second-order valence-electron chi connectivity index (χ2n) is 6.25. The fraction of sp³-hybridized carbons (Fsp3) is 0.471. The van der Waals surface area contributed by atoms with Gasteiger partial charge in [0.15, 0.2) is 0 Å². The number of carbonyl (C=O) groups is 1. The summed E-state index contributed by atoms with van der Waals surface area (Å²) in [5, 5.41) is 1.24. The number of nitrogens with two attached hydrogens (primary N) is 1. The van der Waals surface area contributed by atoms with Crippen LogP contribution in [-0.2, 0) is 16.1 Å². The standard InChI is InChI=1S/C17H24N4O2/c1-20(12-16(18)22)10-15-11-21(7-8-23-15)9-14-4-2-3-13-5-6-19-17(13)14/h2-6,15,19H,7-12H2,1H3,(H2,18,22)/t15-/m1/s1. The van der Waals surface area contributed by atoms with Crippen molar-refractivity contribution in [3.63, 3.8) is 0 Å². The first-order chi connectivity index (χ1) is 11.1. The van der Waals surface area contributed by atoms with Crippen molar-refractivity contribution < 1.29 is 9.53 Å². The first kappa shape index (κ1) is 16.0. The van der Waals surface area contributed by atoms with Gasteiger partial charge in [-0.15, -0.1) is 0 Å². The van der Waals surface area contributed by atoms with Gasteiger partial charge in [-0.3, -0.25) is 14.6 Å². The molecule has 2 heterocycles. The topological polar surface area (TPSA) is 74.6 Å². The van der Waals surface area contributed by atoms with Crippen molar-refractivity contribution >= 4 is 16.8 Å². The number of aromatic nitrogens is 1. The molecular formula is C17H24N4O2. The third-order valence-corrected chi connectivity index (χ3v) is 4.23. The maximum Gasteiger partial charge on any atom is 0.231 e. The molecule has 1 aliphatic heterocycles. The molecule has 3 N–H and O–H groups in total. The number of nitrogens with zero attached hydrogens (tertiary/aromatic N) is 2. The second-order valence-corrected chi connectivity index (χ2v) is 6.25. The van der Waals surface area contributed by atoms with Crippen LogP contribution in [0.15, 0.2) is 30.5 Å². The largest absolute Gasteiger partial charge is 0.374 e. The summed E-state index contributed by atoms with van der Waals surface area (Å²) >= 11 is 0. The number of primary amides is 1. The van der Waals surface area contributed by atoms with Gasteiger partial charge in [-0.1, -0.05) is 18.2 Å². The summed E-state index contributed by atoms with van der Waals surface area (Å²) < 4.78 is 5.83. The number of aromatic amines is 1. The Labute approximate surface area is 136 Å². The van der Waals surface area contributed by atoms with E-state index in [2.05, 4.69) is 34.1 Å². The number of ether oxygens (including phenoxy) is 1. The van der Waals surface area contributed by atoms with Crippen molar-refractivity contribution in [2.24, 2.45) is 5.73 Å². The maximum absolute atomic E-state index is 11.0. The molecule has 1 amide bonds. The second kappa shape index (κ2) is 7.12. The van der Waals surface area contributed by atoms with Crippen LogP contribution in [0.5, 0.6) is 0 Å². The van der Waals surface area contributed by atoms with E-state index in [-0.39, 0.29) is 18.6 Å². The van der Waals surface area contributed by atoms with Gasteiger partial charge in [-0.2, -0.15) is 0 Å². The molecule has 6 nitrogen and oxygen atoms in total. The molecule has 2 aromatic rings. The summed E-state index contributed by atoms with van der Waals surface area (Å²) in [7, 11) is 1.90. The Hall–Kier alpha value is -1.89. The smallest absolute Gasteiger partial charge is 0.231 e. The minimum atomic E-state index is -0.307. The van der Waals surface area contributed by atoms with Gasteiger partial charge in [-0.05, 0) is 24.1 Å². The Morgan fingerprint density at radius 1 is 1.48 bits per heavy atom. The molecule has 1 fully saturated rings. The highest BCUT2D eigenvalue weighted by Crippen LogP contribution is 2.19. The number of fused-ring (bicyclic) bond motifs is 1. The highest BCUT2D eigenvalue weighted by molar-refractivity contribution is 5.82. The highest BCUT2D eigenvalue weighted by Gasteiger charge is 2.22. The van der Waals surface area contributed by atoms with E-state index in [0.29, 0.717) is 6.54 Å². The van der Waals surface area contributed by atoms with Crippen LogP contribution in [-0.4, -0.2) is 66.6 Å². The van der Waals surface area contributed by atoms with Gasteiger partial charge in [0.05, 0.1) is 19.3 Å². The van der Waals surface area contributed by atoms with Crippen LogP contribution in [0, 0.1) is 0 Å². The van der Waals surface area contributed by atoms with Crippen molar-refractivity contribution in [2.75, 3.05) is 39.8 Å². The summed E-state index contributed by atoms with van der Waals surface area (Å²) in [6.07, 6.45) is 2.09. The Morgan fingerprint density at radius 2 is 2.35 bits per heavy atom. The molecule has 1 atom stereocenters. The highest BCUT2D eigenvalue weighted by atomic mass is 16.5. The van der Waals surface area contributed by atoms with E-state index < -0.39 is 0 Å². The number of hydrogen-bond acceptors (Lipinski definition) is 4. The zero-order chi connectivity index (χ0) is 16.2. The van der Waals surface area contributed by atoms with E-state index >= 15 is 0 Å². The number of amides is 1. The van der Waals surface area contributed by atoms with Crippen molar-refractivity contribution in [1.82, 2.24) is 14.8 Å². The van der Waals surface area contributed by atoms with Crippen molar-refractivity contribution in [1.29, 1.82) is 0 Å². The van der Waals surface area contributed by atoms with Crippen LogP contribution in [0.4, 0.5) is 0 Å². The molecular weight excluding hydrogens is 292 g/mol. The minimum Gasteiger partial charge on any atom is -0.374 e. The predicted molar refractivity (Wildman–Crippen MR) is 90.0 cm³/mol. The van der Waals surface area contributed by atoms with Crippen LogP contribution >= 0.6 is 0 Å². The normalized spacial score (nSPS) is 19.5. The molecule has 0 unspecified atom stereocenters. The quantitative estimate of drug-likeness (QED) is 0.826. The number of morpholine rings is 1. The predicted octanol–water partition coefficient (Wildman–Crippen LogP) is 0.786. The van der Waals surface area contributed by atoms with Gasteiger partial charge < -0.3 is 15.5 Å². The Kier molecular flexibility index (Phi) is 4.95. The molecule has 1 aromatic heterocycles. The molecule has 1 aliphatic rings. The van der Waals surface area contributed by atoms with Crippen molar-refractivity contribution in [2.45, 2.75) is 12.6 Å². The molecule has 0 aliphatic carbocycles. The van der Waals surface area contributed by atoms with E-state index in [1.165, 1.54) is 16.5 Å². The molecule has 0 bridgehead atoms. The van der Waals surface area contributed by atoms with E-state index in [1.807, 2.05) is 18.1 Å². The van der Waals surface area contributed by atoms with E-state index in [0.717, 1.165) is 26.2 Å². The van der Waals surface area contributed by atoms with Crippen LogP contribution in [0.1, 0.15) is 5.56 Å². The first-order valence-corrected chi connectivity index (χ1v) is 7.97. The number of para-hydroxylation sites is 1. The molecule has 23 heavy (non-hydrogen) atoms. The summed E-state index contributed by atoms with van der Waals surface area (Å²) in [6.45, 7) is 4.38. The van der Waals surface area contributed by atoms with Gasteiger partial charge in [0.1, 0.15) is 0 Å². The fourth-order valence-electron chi connectivity index (χ4n) is 3.24. The SMILES string of the molecule is CN(CC(N)=O)C[C@@H]1CN(Cc2cccc3cc[nH]c23)CCO1. The number of carbonyl (C=O) groups excluding carboxylic acids is 1. The van der Waals surface area contributed by atoms with Gasteiger partial charge in [0.2, 0.25) is 5.91 Å². The van der Waals surface area contributed by atoms with Crippen molar-refractivity contribution in [3.8, 4) is 0 Å². The average molecular weight is 316 g/mol. The third kappa shape index (κ3) is 4.10. The first-order valence-electron chi connectivity index (χ1n) is 7.97. The molecule has 0 spiro atoms. The monoisotopic (exact) mass is 316 g/mol. The fourth-order valence-corrected chi connectivity index (χ4v) is 3.24. The van der Waals surface area contributed by atoms with Crippen molar-refractivity contribution in [3.05, 3.63) is 36.0 Å². The lowest BCUT2D eigenvalue weighted by Gasteiger charge is -2.34. The summed E-state index contributed by atoms with van der Waals surface area (Å²) in [6, 6.07) is 8.49. The Bertz CT molecular complexity index is 669. The lowest BCUT2D eigenvalue weighted by Crippen LogP contribution is -2.47. The lowest BCUT2D eigenvalue weighted by molar-refractivity contribution is -0.119. The van der Waals surface area contributed by atoms with Crippen LogP contribution in [0.2, 0.25) is 0 Å². The van der Waals surface area contributed by atoms with Gasteiger partial charge >= 0.3 is 0 Å². The number of hydrogen-bond donors (Lipinski definition) is 2. The Balaban J connectivity index is 1.60. The van der Waals surface area contributed by atoms with Crippen LogP contribution < -0.4 is 5.73 Å². The zero-order valence-electron chi connectivity index (χ0n) is 13.5. The van der Waals surface area contributed by atoms with Gasteiger partial charge in [0.25, 0.3) is 0 Å². The molecule has 124 valence electrons. The number of benzene rings is 1. The van der Waals surface area contributed by atoms with E-state index in [4.69, 9.17) is 10.5 Å². The Morgan fingerprint density at radius 3 is 3.17 bits per heavy atom. The molecule has 0 radical (unpaired) electrons. The summed E-state index contributed by atoms with van der Waals surface area (Å²) in [4.78, 5) is 18.6. The third-order valence-electron chi connectivity index (χ3n) is 4.23. The molecule has 6 heteroatoms. The molecule has 3 rings (SSSR count). The van der Waals surface area contributed by atoms with Gasteiger partial charge in [0, 0.05) is 37.9 Å². The van der Waals surface area contributed by atoms with E-state index in [9.17, 15) is 4.79 Å². The van der Waals surface area contributed by atoms with Gasteiger partial charge in [-0.25, -0.2) is 0 Å². The van der Waals surface area contributed by atoms with Crippen LogP contribution in [0.3, 0.4) is 0 Å². The summed E-state index contributed by atoms with van der Waals surface area (Å²) in [5.74, 6) is -0.307. The molecule has 1 saturated heterocycles. The number of H-pyrrole nitrogens is 1. The average Bonchev–Trinajstić information content (AvgIpc) is 2.96. The maximum atomic E-state index is 11.0.